The number of hydrogen-bond acceptors (Lipinski definition) is 1. The molecule has 1 fully saturated rings. The Hall–Kier alpha value is -1.38. The van der Waals surface area contributed by atoms with E-state index in [2.05, 4.69) is 12.2 Å². The quantitative estimate of drug-likeness (QED) is 0.835. The molecule has 86 valence electrons. The summed E-state index contributed by atoms with van der Waals surface area (Å²) in [4.78, 5) is 11.7. The maximum absolute atomic E-state index is 13.6. The molecule has 1 aliphatic carbocycles. The Bertz CT molecular complexity index is 424. The van der Waals surface area contributed by atoms with Crippen molar-refractivity contribution in [3.8, 4) is 0 Å². The van der Waals surface area contributed by atoms with Gasteiger partial charge in [0, 0.05) is 6.54 Å². The Morgan fingerprint density at radius 3 is 2.81 bits per heavy atom. The highest BCUT2D eigenvalue weighted by Crippen LogP contribution is 2.44. The molecule has 1 saturated carbocycles. The molecule has 1 aromatic carbocycles. The van der Waals surface area contributed by atoms with Crippen LogP contribution in [0.4, 0.5) is 4.39 Å². The van der Waals surface area contributed by atoms with Crippen molar-refractivity contribution in [2.24, 2.45) is 5.41 Å². The van der Waals surface area contributed by atoms with Crippen LogP contribution >= 0.6 is 0 Å². The number of carbonyl (C=O) groups excluding carboxylic acids is 1. The number of rotatable bonds is 3. The lowest BCUT2D eigenvalue weighted by Crippen LogP contribution is -2.29. The minimum absolute atomic E-state index is 0.143. The van der Waals surface area contributed by atoms with Gasteiger partial charge >= 0.3 is 0 Å². The van der Waals surface area contributed by atoms with Crippen LogP contribution in [0.3, 0.4) is 0 Å². The fraction of sp³-hybridized carbons (Fsp3) is 0.462. The second-order valence-electron chi connectivity index (χ2n) is 4.93. The molecule has 0 aliphatic heterocycles. The standard InChI is InChI=1S/C13H16FNO/c1-9-4-3-5-10(11(9)14)12(16)15-8-13(2)6-7-13/h3-5H,6-8H2,1-2H3,(H,15,16). The molecule has 0 unspecified atom stereocenters. The molecule has 1 aromatic rings. The van der Waals surface area contributed by atoms with Gasteiger partial charge in [0.2, 0.25) is 0 Å². The van der Waals surface area contributed by atoms with E-state index >= 15 is 0 Å². The first-order valence-electron chi connectivity index (χ1n) is 5.55. The zero-order valence-corrected chi connectivity index (χ0v) is 9.64. The molecular formula is C13H16FNO. The maximum atomic E-state index is 13.6. The fourth-order valence-electron chi connectivity index (χ4n) is 1.60. The lowest BCUT2D eigenvalue weighted by molar-refractivity contribution is 0.0942. The molecule has 0 saturated heterocycles. The van der Waals surface area contributed by atoms with Crippen LogP contribution in [-0.2, 0) is 0 Å². The Labute approximate surface area is 94.9 Å². The first-order chi connectivity index (χ1) is 7.52. The van der Waals surface area contributed by atoms with Crippen LogP contribution in [0.25, 0.3) is 0 Å². The highest BCUT2D eigenvalue weighted by Gasteiger charge is 2.37. The summed E-state index contributed by atoms with van der Waals surface area (Å²) in [6.45, 7) is 4.42. The number of carbonyl (C=O) groups is 1. The second kappa shape index (κ2) is 3.89. The molecule has 1 aliphatic rings. The van der Waals surface area contributed by atoms with Gasteiger partial charge in [-0.3, -0.25) is 4.79 Å². The van der Waals surface area contributed by atoms with E-state index in [1.54, 1.807) is 19.1 Å². The van der Waals surface area contributed by atoms with Crippen LogP contribution in [0, 0.1) is 18.2 Å². The number of nitrogens with one attached hydrogen (secondary N) is 1. The normalized spacial score (nSPS) is 16.9. The highest BCUT2D eigenvalue weighted by molar-refractivity contribution is 5.94. The average Bonchev–Trinajstić information content (AvgIpc) is 2.98. The zero-order chi connectivity index (χ0) is 11.8. The Morgan fingerprint density at radius 2 is 2.19 bits per heavy atom. The lowest BCUT2D eigenvalue weighted by Gasteiger charge is -2.11. The van der Waals surface area contributed by atoms with Gasteiger partial charge in [-0.25, -0.2) is 4.39 Å². The molecule has 16 heavy (non-hydrogen) atoms. The monoisotopic (exact) mass is 221 g/mol. The molecule has 0 spiro atoms. The van der Waals surface area contributed by atoms with E-state index in [9.17, 15) is 9.18 Å². The average molecular weight is 221 g/mol. The third kappa shape index (κ3) is 2.23. The molecule has 0 radical (unpaired) electrons. The van der Waals surface area contributed by atoms with Crippen molar-refractivity contribution in [3.05, 3.63) is 35.1 Å². The van der Waals surface area contributed by atoms with E-state index in [4.69, 9.17) is 0 Å². The number of hydrogen-bond donors (Lipinski definition) is 1. The van der Waals surface area contributed by atoms with Gasteiger partial charge in [-0.05, 0) is 36.8 Å². The van der Waals surface area contributed by atoms with Crippen molar-refractivity contribution in [1.29, 1.82) is 0 Å². The fourth-order valence-corrected chi connectivity index (χ4v) is 1.60. The molecule has 2 rings (SSSR count). The van der Waals surface area contributed by atoms with Gasteiger partial charge in [-0.1, -0.05) is 19.1 Å². The summed E-state index contributed by atoms with van der Waals surface area (Å²) in [6, 6.07) is 4.88. The third-order valence-electron chi connectivity index (χ3n) is 3.22. The largest absolute Gasteiger partial charge is 0.351 e. The molecule has 1 amide bonds. The molecular weight excluding hydrogens is 205 g/mol. The van der Waals surface area contributed by atoms with Crippen LogP contribution in [0.5, 0.6) is 0 Å². The minimum Gasteiger partial charge on any atom is -0.351 e. The number of aryl methyl sites for hydroxylation is 1. The Morgan fingerprint density at radius 1 is 1.50 bits per heavy atom. The van der Waals surface area contributed by atoms with E-state index in [1.807, 2.05) is 0 Å². The van der Waals surface area contributed by atoms with Gasteiger partial charge in [-0.2, -0.15) is 0 Å². The molecule has 1 N–H and O–H groups in total. The lowest BCUT2D eigenvalue weighted by atomic mass is 10.1. The van der Waals surface area contributed by atoms with Gasteiger partial charge in [0.1, 0.15) is 5.82 Å². The van der Waals surface area contributed by atoms with Crippen molar-refractivity contribution in [2.75, 3.05) is 6.54 Å². The van der Waals surface area contributed by atoms with E-state index in [-0.39, 0.29) is 16.9 Å². The summed E-state index contributed by atoms with van der Waals surface area (Å²) in [6.07, 6.45) is 2.28. The van der Waals surface area contributed by atoms with Crippen molar-refractivity contribution >= 4 is 5.91 Å². The van der Waals surface area contributed by atoms with Gasteiger partial charge in [0.15, 0.2) is 0 Å². The number of halogens is 1. The van der Waals surface area contributed by atoms with E-state index in [0.717, 1.165) is 12.8 Å². The zero-order valence-electron chi connectivity index (χ0n) is 9.64. The second-order valence-corrected chi connectivity index (χ2v) is 4.93. The predicted molar refractivity (Wildman–Crippen MR) is 60.8 cm³/mol. The van der Waals surface area contributed by atoms with Gasteiger partial charge in [0.05, 0.1) is 5.56 Å². The molecule has 2 nitrogen and oxygen atoms in total. The van der Waals surface area contributed by atoms with Gasteiger partial charge < -0.3 is 5.32 Å². The predicted octanol–water partition coefficient (Wildman–Crippen LogP) is 2.66. The van der Waals surface area contributed by atoms with Crippen LogP contribution < -0.4 is 5.32 Å². The third-order valence-corrected chi connectivity index (χ3v) is 3.22. The summed E-state index contributed by atoms with van der Waals surface area (Å²) in [5, 5.41) is 2.79. The van der Waals surface area contributed by atoms with Gasteiger partial charge in [-0.15, -0.1) is 0 Å². The van der Waals surface area contributed by atoms with Crippen LogP contribution in [-0.4, -0.2) is 12.5 Å². The van der Waals surface area contributed by atoms with Crippen molar-refractivity contribution in [2.45, 2.75) is 26.7 Å². The topological polar surface area (TPSA) is 29.1 Å². The first kappa shape index (κ1) is 11.1. The molecule has 0 atom stereocenters. The summed E-state index contributed by atoms with van der Waals surface area (Å²) in [5.74, 6) is -0.727. The van der Waals surface area contributed by atoms with E-state index in [0.29, 0.717) is 12.1 Å². The van der Waals surface area contributed by atoms with E-state index < -0.39 is 5.82 Å². The van der Waals surface area contributed by atoms with Crippen LogP contribution in [0.15, 0.2) is 18.2 Å². The SMILES string of the molecule is Cc1cccc(C(=O)NCC2(C)CC2)c1F. The summed E-state index contributed by atoms with van der Waals surface area (Å²) in [5.41, 5.74) is 0.894. The Balaban J connectivity index is 2.05. The van der Waals surface area contributed by atoms with Crippen LogP contribution in [0.1, 0.15) is 35.7 Å². The number of benzene rings is 1. The molecule has 0 aromatic heterocycles. The summed E-state index contributed by atoms with van der Waals surface area (Å²) >= 11 is 0. The van der Waals surface area contributed by atoms with Gasteiger partial charge in [0.25, 0.3) is 5.91 Å². The molecule has 3 heteroatoms. The van der Waals surface area contributed by atoms with Crippen molar-refractivity contribution in [3.63, 3.8) is 0 Å². The van der Waals surface area contributed by atoms with Crippen molar-refractivity contribution < 1.29 is 9.18 Å². The molecule has 0 bridgehead atoms. The number of amides is 1. The highest BCUT2D eigenvalue weighted by atomic mass is 19.1. The van der Waals surface area contributed by atoms with Crippen LogP contribution in [0.2, 0.25) is 0 Å². The maximum Gasteiger partial charge on any atom is 0.254 e. The summed E-state index contributed by atoms with van der Waals surface area (Å²) < 4.78 is 13.6. The molecule has 0 heterocycles. The Kier molecular flexibility index (Phi) is 2.70. The minimum atomic E-state index is -0.416. The van der Waals surface area contributed by atoms with Crippen molar-refractivity contribution in [1.82, 2.24) is 5.32 Å². The smallest absolute Gasteiger partial charge is 0.254 e. The first-order valence-corrected chi connectivity index (χ1v) is 5.55. The van der Waals surface area contributed by atoms with E-state index in [1.165, 1.54) is 6.07 Å². The summed E-state index contributed by atoms with van der Waals surface area (Å²) in [7, 11) is 0.